The summed E-state index contributed by atoms with van der Waals surface area (Å²) in [5.74, 6) is -0.152. The van der Waals surface area contributed by atoms with Gasteiger partial charge in [0.1, 0.15) is 0 Å². The molecular weight excluding hydrogens is 156 g/mol. The molecule has 0 N–H and O–H groups in total. The number of urea groups is 1. The van der Waals surface area contributed by atoms with Crippen LogP contribution in [0.3, 0.4) is 0 Å². The van der Waals surface area contributed by atoms with Crippen LogP contribution in [-0.4, -0.2) is 42.4 Å². The number of carbonyl (C=O) groups excluding carboxylic acids is 2. The van der Waals surface area contributed by atoms with Crippen LogP contribution in [0.15, 0.2) is 0 Å². The zero-order valence-electron chi connectivity index (χ0n) is 8.13. The Morgan fingerprint density at radius 2 is 1.67 bits per heavy atom. The van der Waals surface area contributed by atoms with Gasteiger partial charge in [-0.3, -0.25) is 9.69 Å². The van der Waals surface area contributed by atoms with Crippen LogP contribution < -0.4 is 0 Å². The van der Waals surface area contributed by atoms with Gasteiger partial charge in [-0.25, -0.2) is 4.79 Å². The van der Waals surface area contributed by atoms with E-state index in [9.17, 15) is 9.59 Å². The maximum absolute atomic E-state index is 11.3. The van der Waals surface area contributed by atoms with Gasteiger partial charge in [-0.15, -0.1) is 0 Å². The number of hydrogen-bond acceptors (Lipinski definition) is 2. The summed E-state index contributed by atoms with van der Waals surface area (Å²) in [4.78, 5) is 25.0. The summed E-state index contributed by atoms with van der Waals surface area (Å²) in [7, 11) is 3.17. The molecule has 0 aliphatic heterocycles. The molecule has 12 heavy (non-hydrogen) atoms. The van der Waals surface area contributed by atoms with Crippen molar-refractivity contribution in [2.24, 2.45) is 0 Å². The second kappa shape index (κ2) is 4.74. The molecule has 70 valence electrons. The average molecular weight is 172 g/mol. The van der Waals surface area contributed by atoms with E-state index in [2.05, 4.69) is 0 Å². The summed E-state index contributed by atoms with van der Waals surface area (Å²) in [6.45, 7) is 4.21. The number of nitrogens with zero attached hydrogens (tertiary/aromatic N) is 2. The maximum atomic E-state index is 11.3. The van der Waals surface area contributed by atoms with Crippen LogP contribution in [0.25, 0.3) is 0 Å². The minimum absolute atomic E-state index is 0.152. The summed E-state index contributed by atoms with van der Waals surface area (Å²) in [6, 6.07) is -0.246. The molecule has 0 heterocycles. The number of hydrogen-bond donors (Lipinski definition) is 0. The van der Waals surface area contributed by atoms with Crippen molar-refractivity contribution in [2.45, 2.75) is 20.3 Å². The smallest absolute Gasteiger partial charge is 0.326 e. The Hall–Kier alpha value is -1.06. The lowest BCUT2D eigenvalue weighted by atomic mass is 10.4. The molecule has 0 bridgehead atoms. The highest BCUT2D eigenvalue weighted by Gasteiger charge is 2.17. The van der Waals surface area contributed by atoms with Crippen LogP contribution in [0.1, 0.15) is 20.3 Å². The Kier molecular flexibility index (Phi) is 4.33. The lowest BCUT2D eigenvalue weighted by Crippen LogP contribution is -2.41. The summed E-state index contributed by atoms with van der Waals surface area (Å²) in [5, 5.41) is 0. The second-order valence-corrected chi connectivity index (χ2v) is 2.60. The fourth-order valence-electron chi connectivity index (χ4n) is 0.735. The monoisotopic (exact) mass is 172 g/mol. The van der Waals surface area contributed by atoms with E-state index in [1.165, 1.54) is 11.9 Å². The molecule has 0 unspecified atom stereocenters. The molecule has 0 rings (SSSR count). The molecule has 0 fully saturated rings. The molecule has 0 saturated carbocycles. The van der Waals surface area contributed by atoms with Crippen molar-refractivity contribution in [3.8, 4) is 0 Å². The molecule has 4 heteroatoms. The molecule has 0 aliphatic rings. The second-order valence-electron chi connectivity index (χ2n) is 2.60. The predicted octanol–water partition coefficient (Wildman–Crippen LogP) is 0.926. The molecule has 0 aromatic heterocycles. The third-order valence-electron chi connectivity index (χ3n) is 1.76. The Morgan fingerprint density at radius 1 is 1.17 bits per heavy atom. The van der Waals surface area contributed by atoms with Crippen LogP contribution in [0.5, 0.6) is 0 Å². The third kappa shape index (κ3) is 2.53. The van der Waals surface area contributed by atoms with Crippen molar-refractivity contribution in [2.75, 3.05) is 20.6 Å². The topological polar surface area (TPSA) is 40.6 Å². The van der Waals surface area contributed by atoms with Crippen molar-refractivity contribution in [3.05, 3.63) is 0 Å². The molecule has 0 aliphatic carbocycles. The first-order chi connectivity index (χ1) is 5.54. The number of imide groups is 1. The van der Waals surface area contributed by atoms with Crippen LogP contribution in [-0.2, 0) is 4.79 Å². The normalized spacial score (nSPS) is 9.33. The van der Waals surface area contributed by atoms with Crippen molar-refractivity contribution in [1.82, 2.24) is 9.80 Å². The van der Waals surface area contributed by atoms with Crippen LogP contribution >= 0.6 is 0 Å². The van der Waals surface area contributed by atoms with Gasteiger partial charge in [0.2, 0.25) is 5.91 Å². The van der Waals surface area contributed by atoms with Crippen molar-refractivity contribution >= 4 is 11.9 Å². The first-order valence-electron chi connectivity index (χ1n) is 4.06. The number of amides is 3. The van der Waals surface area contributed by atoms with Gasteiger partial charge in [0.15, 0.2) is 0 Å². The molecular formula is C8H16N2O2. The van der Waals surface area contributed by atoms with E-state index >= 15 is 0 Å². The number of rotatable bonds is 2. The third-order valence-corrected chi connectivity index (χ3v) is 1.76. The molecule has 0 saturated heterocycles. The first kappa shape index (κ1) is 10.9. The fourth-order valence-corrected chi connectivity index (χ4v) is 0.735. The highest BCUT2D eigenvalue weighted by Crippen LogP contribution is 1.96. The Labute approximate surface area is 73.1 Å². The fraction of sp³-hybridized carbons (Fsp3) is 0.750. The molecule has 0 atom stereocenters. The van der Waals surface area contributed by atoms with E-state index in [1.54, 1.807) is 14.0 Å². The van der Waals surface area contributed by atoms with Gasteiger partial charge >= 0.3 is 6.03 Å². The van der Waals surface area contributed by atoms with Gasteiger partial charge in [-0.05, 0) is 6.92 Å². The minimum atomic E-state index is -0.246. The van der Waals surface area contributed by atoms with E-state index < -0.39 is 0 Å². The highest BCUT2D eigenvalue weighted by molar-refractivity contribution is 5.93. The summed E-state index contributed by atoms with van der Waals surface area (Å²) < 4.78 is 0. The summed E-state index contributed by atoms with van der Waals surface area (Å²) in [6.07, 6.45) is 0.361. The number of carbonyl (C=O) groups is 2. The largest absolute Gasteiger partial charge is 0.328 e. The molecule has 0 radical (unpaired) electrons. The molecule has 4 nitrogen and oxygen atoms in total. The SMILES string of the molecule is CCC(=O)N(C)C(=O)N(C)CC. The van der Waals surface area contributed by atoms with Crippen molar-refractivity contribution < 1.29 is 9.59 Å². The first-order valence-corrected chi connectivity index (χ1v) is 4.06. The summed E-state index contributed by atoms with van der Waals surface area (Å²) >= 11 is 0. The van der Waals surface area contributed by atoms with E-state index in [1.807, 2.05) is 6.92 Å². The standard InChI is InChI=1S/C8H16N2O2/c1-5-7(11)10(4)8(12)9(3)6-2/h5-6H2,1-4H3. The van der Waals surface area contributed by atoms with E-state index in [0.717, 1.165) is 4.90 Å². The van der Waals surface area contributed by atoms with Gasteiger partial charge < -0.3 is 4.90 Å². The molecule has 3 amide bonds. The quantitative estimate of drug-likeness (QED) is 0.621. The van der Waals surface area contributed by atoms with Crippen LogP contribution in [0, 0.1) is 0 Å². The lowest BCUT2D eigenvalue weighted by Gasteiger charge is -2.21. The van der Waals surface area contributed by atoms with Gasteiger partial charge in [-0.1, -0.05) is 6.92 Å². The summed E-state index contributed by atoms with van der Waals surface area (Å²) in [5.41, 5.74) is 0. The predicted molar refractivity (Wildman–Crippen MR) is 46.8 cm³/mol. The average Bonchev–Trinajstić information content (AvgIpc) is 2.12. The van der Waals surface area contributed by atoms with E-state index in [4.69, 9.17) is 0 Å². The van der Waals surface area contributed by atoms with Gasteiger partial charge in [0.05, 0.1) is 0 Å². The molecule has 0 aromatic carbocycles. The maximum Gasteiger partial charge on any atom is 0.326 e. The van der Waals surface area contributed by atoms with E-state index in [-0.39, 0.29) is 11.9 Å². The molecule has 0 spiro atoms. The zero-order valence-corrected chi connectivity index (χ0v) is 8.13. The molecule has 0 aromatic rings. The van der Waals surface area contributed by atoms with Gasteiger partial charge in [0.25, 0.3) is 0 Å². The highest BCUT2D eigenvalue weighted by atomic mass is 16.2. The minimum Gasteiger partial charge on any atom is -0.328 e. The Bertz CT molecular complexity index is 180. The zero-order chi connectivity index (χ0) is 9.72. The van der Waals surface area contributed by atoms with Crippen LogP contribution in [0.4, 0.5) is 4.79 Å². The van der Waals surface area contributed by atoms with Gasteiger partial charge in [0, 0.05) is 27.1 Å². The van der Waals surface area contributed by atoms with Crippen molar-refractivity contribution in [1.29, 1.82) is 0 Å². The Balaban J connectivity index is 4.19. The lowest BCUT2D eigenvalue weighted by molar-refractivity contribution is -0.127. The Morgan fingerprint density at radius 3 is 2.00 bits per heavy atom. The van der Waals surface area contributed by atoms with Crippen molar-refractivity contribution in [3.63, 3.8) is 0 Å². The van der Waals surface area contributed by atoms with E-state index in [0.29, 0.717) is 13.0 Å². The van der Waals surface area contributed by atoms with Gasteiger partial charge in [-0.2, -0.15) is 0 Å². The van der Waals surface area contributed by atoms with Crippen LogP contribution in [0.2, 0.25) is 0 Å².